The Morgan fingerprint density at radius 3 is 0.800 bits per heavy atom. The Kier molecular flexibility index (Phi) is 65.2. The molecule has 19 heteroatoms. The largest absolute Gasteiger partial charge is 0.472 e. The van der Waals surface area contributed by atoms with Crippen molar-refractivity contribution < 1.29 is 80.2 Å². The lowest BCUT2D eigenvalue weighted by molar-refractivity contribution is -0.161. The Morgan fingerprint density at radius 1 is 0.305 bits per heavy atom. The van der Waals surface area contributed by atoms with Gasteiger partial charge >= 0.3 is 39.5 Å². The molecule has 0 spiro atoms. The lowest BCUT2D eigenvalue weighted by Crippen LogP contribution is -2.30. The van der Waals surface area contributed by atoms with E-state index >= 15 is 0 Å². The van der Waals surface area contributed by atoms with E-state index in [1.165, 1.54) is 193 Å². The number of rotatable bonds is 74. The van der Waals surface area contributed by atoms with Crippen molar-refractivity contribution >= 4 is 39.5 Å². The molecule has 0 bridgehead atoms. The first-order chi connectivity index (χ1) is 45.8. The summed E-state index contributed by atoms with van der Waals surface area (Å²) in [5, 5.41) is 10.6. The standard InChI is InChI=1S/C76H148O17P2/c1-8-10-11-12-13-14-15-16-17-21-24-30-35-43-50-57-73(78)86-63-71(92-75(80)59-52-45-36-31-25-22-19-18-20-23-29-34-42-49-56-69(7)9-2)65-90-94(82,83)88-61-70(77)62-89-95(84,85)91-66-72(64-87-74(79)58-51-44-39-38-41-48-55-68(5)6)93-76(81)60-53-46-37-32-27-26-28-33-40-47-54-67(3)4/h67-72,77H,8-66H2,1-7H3,(H,82,83)(H,84,85)/t69?,70-,71-,72-/m1/s1. The summed E-state index contributed by atoms with van der Waals surface area (Å²) in [5.74, 6) is 0.158. The predicted molar refractivity (Wildman–Crippen MR) is 386 cm³/mol. The first kappa shape index (κ1) is 93.1. The molecule has 564 valence electrons. The smallest absolute Gasteiger partial charge is 0.462 e. The van der Waals surface area contributed by atoms with E-state index in [2.05, 4.69) is 48.5 Å². The zero-order chi connectivity index (χ0) is 70.1. The lowest BCUT2D eigenvalue weighted by Gasteiger charge is -2.21. The molecule has 0 aliphatic carbocycles. The first-order valence-corrected chi connectivity index (χ1v) is 42.4. The zero-order valence-corrected chi connectivity index (χ0v) is 63.9. The van der Waals surface area contributed by atoms with E-state index in [-0.39, 0.29) is 25.7 Å². The van der Waals surface area contributed by atoms with Gasteiger partial charge in [-0.3, -0.25) is 37.3 Å². The number of aliphatic hydroxyl groups excluding tert-OH is 1. The summed E-state index contributed by atoms with van der Waals surface area (Å²) in [6, 6.07) is 0. The van der Waals surface area contributed by atoms with Crippen LogP contribution in [0.5, 0.6) is 0 Å². The third-order valence-electron chi connectivity index (χ3n) is 18.0. The van der Waals surface area contributed by atoms with Gasteiger partial charge < -0.3 is 33.8 Å². The van der Waals surface area contributed by atoms with Gasteiger partial charge in [-0.15, -0.1) is 0 Å². The number of ether oxygens (including phenoxy) is 4. The van der Waals surface area contributed by atoms with Gasteiger partial charge in [0.15, 0.2) is 12.2 Å². The SMILES string of the molecule is CCCCCCCCCCCCCCCCCC(=O)OC[C@H](COP(=O)(O)OC[C@@H](O)COP(=O)(O)OC[C@@H](COC(=O)CCCCCCCCC(C)C)OC(=O)CCCCCCCCCCCCC(C)C)OC(=O)CCCCCCCCCCCCCCCCC(C)CC. The maximum atomic E-state index is 13.1. The number of phosphoric acid groups is 2. The fourth-order valence-corrected chi connectivity index (χ4v) is 13.1. The number of aliphatic hydroxyl groups is 1. The van der Waals surface area contributed by atoms with Gasteiger partial charge in [0, 0.05) is 25.7 Å². The number of esters is 4. The number of hydrogen-bond acceptors (Lipinski definition) is 15. The number of hydrogen-bond donors (Lipinski definition) is 3. The number of unbranched alkanes of at least 4 members (excludes halogenated alkanes) is 41. The van der Waals surface area contributed by atoms with Gasteiger partial charge in [-0.25, -0.2) is 9.13 Å². The molecule has 17 nitrogen and oxygen atoms in total. The van der Waals surface area contributed by atoms with Crippen LogP contribution in [0.15, 0.2) is 0 Å². The Labute approximate surface area is 581 Å². The first-order valence-electron chi connectivity index (χ1n) is 39.4. The molecule has 0 aromatic rings. The second kappa shape index (κ2) is 66.6. The van der Waals surface area contributed by atoms with E-state index in [4.69, 9.17) is 37.0 Å². The molecule has 0 radical (unpaired) electrons. The molecule has 0 saturated carbocycles. The molecule has 0 aliphatic rings. The monoisotopic (exact) mass is 1400 g/mol. The average molecular weight is 1400 g/mol. The molecular formula is C76H148O17P2. The van der Waals surface area contributed by atoms with E-state index in [0.29, 0.717) is 31.6 Å². The van der Waals surface area contributed by atoms with Crippen molar-refractivity contribution in [2.24, 2.45) is 17.8 Å². The summed E-state index contributed by atoms with van der Waals surface area (Å²) in [5.41, 5.74) is 0. The normalized spacial score (nSPS) is 14.4. The van der Waals surface area contributed by atoms with Crippen LogP contribution in [0.4, 0.5) is 0 Å². The summed E-state index contributed by atoms with van der Waals surface area (Å²) in [6.45, 7) is 11.9. The van der Waals surface area contributed by atoms with Crippen molar-refractivity contribution in [3.8, 4) is 0 Å². The van der Waals surface area contributed by atoms with Crippen LogP contribution in [-0.2, 0) is 65.4 Å². The van der Waals surface area contributed by atoms with Crippen molar-refractivity contribution in [3.05, 3.63) is 0 Å². The fourth-order valence-electron chi connectivity index (χ4n) is 11.6. The third-order valence-corrected chi connectivity index (χ3v) is 19.9. The fraction of sp³-hybridized carbons (Fsp3) is 0.947. The Hall–Kier alpha value is -1.94. The van der Waals surface area contributed by atoms with Gasteiger partial charge in [-0.2, -0.15) is 0 Å². The topological polar surface area (TPSA) is 237 Å². The lowest BCUT2D eigenvalue weighted by atomic mass is 9.99. The van der Waals surface area contributed by atoms with Crippen LogP contribution in [0.3, 0.4) is 0 Å². The maximum Gasteiger partial charge on any atom is 0.472 e. The van der Waals surface area contributed by atoms with E-state index in [0.717, 1.165) is 108 Å². The van der Waals surface area contributed by atoms with Crippen molar-refractivity contribution in [1.29, 1.82) is 0 Å². The molecular weight excluding hydrogens is 1250 g/mol. The average Bonchev–Trinajstić information content (AvgIpc) is 1.40. The van der Waals surface area contributed by atoms with Crippen LogP contribution >= 0.6 is 15.6 Å². The van der Waals surface area contributed by atoms with Crippen LogP contribution in [0.25, 0.3) is 0 Å². The van der Waals surface area contributed by atoms with Crippen LogP contribution < -0.4 is 0 Å². The van der Waals surface area contributed by atoms with Gasteiger partial charge in [-0.05, 0) is 43.4 Å². The highest BCUT2D eigenvalue weighted by molar-refractivity contribution is 7.47. The van der Waals surface area contributed by atoms with Gasteiger partial charge in [-0.1, -0.05) is 337 Å². The molecule has 0 heterocycles. The second-order valence-electron chi connectivity index (χ2n) is 28.6. The van der Waals surface area contributed by atoms with Crippen LogP contribution in [0, 0.1) is 17.8 Å². The molecule has 0 fully saturated rings. The summed E-state index contributed by atoms with van der Waals surface area (Å²) in [6.07, 6.45) is 52.8. The summed E-state index contributed by atoms with van der Waals surface area (Å²) in [4.78, 5) is 72.8. The van der Waals surface area contributed by atoms with Crippen molar-refractivity contribution in [2.45, 2.75) is 407 Å². The summed E-state index contributed by atoms with van der Waals surface area (Å²) in [7, 11) is -9.91. The zero-order valence-electron chi connectivity index (χ0n) is 62.1. The Morgan fingerprint density at radius 2 is 0.537 bits per heavy atom. The highest BCUT2D eigenvalue weighted by atomic mass is 31.2. The number of phosphoric ester groups is 2. The number of carbonyl (C=O) groups excluding carboxylic acids is 4. The quantitative estimate of drug-likeness (QED) is 0.0222. The van der Waals surface area contributed by atoms with Crippen molar-refractivity contribution in [1.82, 2.24) is 0 Å². The predicted octanol–water partition coefficient (Wildman–Crippen LogP) is 22.2. The van der Waals surface area contributed by atoms with E-state index < -0.39 is 97.5 Å². The van der Waals surface area contributed by atoms with Gasteiger partial charge in [0.25, 0.3) is 0 Å². The second-order valence-corrected chi connectivity index (χ2v) is 31.5. The maximum absolute atomic E-state index is 13.1. The molecule has 95 heavy (non-hydrogen) atoms. The Bertz CT molecular complexity index is 1850. The van der Waals surface area contributed by atoms with Crippen molar-refractivity contribution in [2.75, 3.05) is 39.6 Å². The van der Waals surface area contributed by atoms with Crippen molar-refractivity contribution in [3.63, 3.8) is 0 Å². The van der Waals surface area contributed by atoms with E-state index in [1.807, 2.05) is 0 Å². The van der Waals surface area contributed by atoms with Gasteiger partial charge in [0.05, 0.1) is 26.4 Å². The molecule has 0 saturated heterocycles. The minimum Gasteiger partial charge on any atom is -0.462 e. The molecule has 0 aliphatic heterocycles. The van der Waals surface area contributed by atoms with Gasteiger partial charge in [0.2, 0.25) is 0 Å². The molecule has 0 rings (SSSR count). The van der Waals surface area contributed by atoms with Crippen LogP contribution in [-0.4, -0.2) is 96.7 Å². The Balaban J connectivity index is 5.24. The third kappa shape index (κ3) is 69.0. The molecule has 0 amide bonds. The summed E-state index contributed by atoms with van der Waals surface area (Å²) >= 11 is 0. The van der Waals surface area contributed by atoms with Gasteiger partial charge in [0.1, 0.15) is 19.3 Å². The minimum atomic E-state index is -4.96. The van der Waals surface area contributed by atoms with Crippen LogP contribution in [0.1, 0.15) is 389 Å². The number of carbonyl (C=O) groups is 4. The molecule has 0 aromatic carbocycles. The van der Waals surface area contributed by atoms with Crippen LogP contribution in [0.2, 0.25) is 0 Å². The summed E-state index contributed by atoms with van der Waals surface area (Å²) < 4.78 is 68.5. The highest BCUT2D eigenvalue weighted by Crippen LogP contribution is 2.45. The molecule has 3 N–H and O–H groups in total. The van der Waals surface area contributed by atoms with E-state index in [9.17, 15) is 43.2 Å². The minimum absolute atomic E-state index is 0.105. The molecule has 6 atom stereocenters. The highest BCUT2D eigenvalue weighted by Gasteiger charge is 2.30. The molecule has 0 aromatic heterocycles. The van der Waals surface area contributed by atoms with E-state index in [1.54, 1.807) is 0 Å². The molecule has 3 unspecified atom stereocenters.